The van der Waals surface area contributed by atoms with Gasteiger partial charge in [-0.3, -0.25) is 4.79 Å². The molecule has 0 saturated carbocycles. The molecular formula is C14H21NO4S. The van der Waals surface area contributed by atoms with Crippen molar-refractivity contribution in [1.29, 1.82) is 0 Å². The van der Waals surface area contributed by atoms with Gasteiger partial charge in [0, 0.05) is 11.5 Å². The SMILES string of the molecule is CCOCCC(=O)Nc1sc(CC)cc1C(=O)OCC. The fourth-order valence-corrected chi connectivity index (χ4v) is 2.57. The number of carbonyl (C=O) groups excluding carboxylic acids is 2. The Bertz CT molecular complexity index is 456. The van der Waals surface area contributed by atoms with E-state index in [1.807, 2.05) is 13.8 Å². The molecule has 0 saturated heterocycles. The number of anilines is 1. The lowest BCUT2D eigenvalue weighted by atomic mass is 10.2. The highest BCUT2D eigenvalue weighted by molar-refractivity contribution is 7.16. The molecule has 0 spiro atoms. The van der Waals surface area contributed by atoms with E-state index in [2.05, 4.69) is 5.32 Å². The van der Waals surface area contributed by atoms with E-state index in [-0.39, 0.29) is 12.3 Å². The van der Waals surface area contributed by atoms with Gasteiger partial charge in [0.05, 0.1) is 25.2 Å². The summed E-state index contributed by atoms with van der Waals surface area (Å²) in [4.78, 5) is 24.7. The minimum atomic E-state index is -0.399. The number of aryl methyl sites for hydroxylation is 1. The molecule has 1 aromatic heterocycles. The standard InChI is InChI=1S/C14H21NO4S/c1-4-10-9-11(14(17)19-6-3)13(20-10)15-12(16)7-8-18-5-2/h9H,4-8H2,1-3H3,(H,15,16). The molecule has 112 valence electrons. The Morgan fingerprint density at radius 2 is 2.00 bits per heavy atom. The van der Waals surface area contributed by atoms with E-state index in [1.165, 1.54) is 11.3 Å². The largest absolute Gasteiger partial charge is 0.462 e. The monoisotopic (exact) mass is 299 g/mol. The summed E-state index contributed by atoms with van der Waals surface area (Å²) in [5, 5.41) is 3.32. The Morgan fingerprint density at radius 1 is 1.25 bits per heavy atom. The van der Waals surface area contributed by atoms with Crippen LogP contribution in [-0.4, -0.2) is 31.7 Å². The second-order valence-electron chi connectivity index (χ2n) is 4.02. The Labute approximate surface area is 123 Å². The number of nitrogens with one attached hydrogen (secondary N) is 1. The van der Waals surface area contributed by atoms with E-state index in [0.29, 0.717) is 30.4 Å². The molecule has 0 aliphatic carbocycles. The molecule has 5 nitrogen and oxygen atoms in total. The van der Waals surface area contributed by atoms with Gasteiger partial charge in [-0.25, -0.2) is 4.79 Å². The Hall–Kier alpha value is -1.40. The smallest absolute Gasteiger partial charge is 0.341 e. The molecule has 0 bridgehead atoms. The van der Waals surface area contributed by atoms with Crippen molar-refractivity contribution in [1.82, 2.24) is 0 Å². The number of ether oxygens (including phenoxy) is 2. The molecule has 0 aliphatic rings. The van der Waals surface area contributed by atoms with Crippen molar-refractivity contribution < 1.29 is 19.1 Å². The number of esters is 1. The Morgan fingerprint density at radius 3 is 2.60 bits per heavy atom. The van der Waals surface area contributed by atoms with E-state index in [4.69, 9.17) is 9.47 Å². The first-order valence-corrected chi connectivity index (χ1v) is 7.61. The first-order valence-electron chi connectivity index (χ1n) is 6.79. The van der Waals surface area contributed by atoms with Crippen molar-refractivity contribution in [2.45, 2.75) is 33.6 Å². The van der Waals surface area contributed by atoms with Crippen LogP contribution >= 0.6 is 11.3 Å². The predicted molar refractivity (Wildman–Crippen MR) is 79.4 cm³/mol. The molecule has 0 fully saturated rings. The third-order valence-corrected chi connectivity index (χ3v) is 3.75. The van der Waals surface area contributed by atoms with Crippen LogP contribution in [0.15, 0.2) is 6.07 Å². The van der Waals surface area contributed by atoms with Gasteiger partial charge in [0.15, 0.2) is 0 Å². The molecule has 6 heteroatoms. The first kappa shape index (κ1) is 16.7. The van der Waals surface area contributed by atoms with Crippen LogP contribution in [0.5, 0.6) is 0 Å². The molecule has 1 aromatic rings. The number of rotatable bonds is 8. The lowest BCUT2D eigenvalue weighted by Crippen LogP contribution is -2.15. The number of hydrogen-bond donors (Lipinski definition) is 1. The number of amides is 1. The van der Waals surface area contributed by atoms with Crippen LogP contribution in [0.25, 0.3) is 0 Å². The van der Waals surface area contributed by atoms with E-state index < -0.39 is 5.97 Å². The van der Waals surface area contributed by atoms with Crippen LogP contribution in [-0.2, 0) is 20.7 Å². The lowest BCUT2D eigenvalue weighted by molar-refractivity contribution is -0.117. The van der Waals surface area contributed by atoms with Crippen molar-refractivity contribution in [2.75, 3.05) is 25.1 Å². The lowest BCUT2D eigenvalue weighted by Gasteiger charge is -2.06. The highest BCUT2D eigenvalue weighted by Gasteiger charge is 2.18. The molecular weight excluding hydrogens is 278 g/mol. The van der Waals surface area contributed by atoms with Gasteiger partial charge < -0.3 is 14.8 Å². The maximum Gasteiger partial charge on any atom is 0.341 e. The van der Waals surface area contributed by atoms with Gasteiger partial charge in [0.1, 0.15) is 5.00 Å². The van der Waals surface area contributed by atoms with Gasteiger partial charge in [0.25, 0.3) is 0 Å². The van der Waals surface area contributed by atoms with Gasteiger partial charge in [-0.2, -0.15) is 0 Å². The summed E-state index contributed by atoms with van der Waals surface area (Å²) in [6.07, 6.45) is 1.08. The molecule has 20 heavy (non-hydrogen) atoms. The highest BCUT2D eigenvalue weighted by atomic mass is 32.1. The van der Waals surface area contributed by atoms with Crippen LogP contribution in [0.3, 0.4) is 0 Å². The van der Waals surface area contributed by atoms with Crippen LogP contribution in [0, 0.1) is 0 Å². The molecule has 1 heterocycles. The second-order valence-corrected chi connectivity index (χ2v) is 5.16. The van der Waals surface area contributed by atoms with Crippen LogP contribution in [0.2, 0.25) is 0 Å². The maximum atomic E-state index is 11.8. The summed E-state index contributed by atoms with van der Waals surface area (Å²) in [5.41, 5.74) is 0.429. The Balaban J connectivity index is 2.74. The summed E-state index contributed by atoms with van der Waals surface area (Å²) in [6.45, 7) is 6.91. The summed E-state index contributed by atoms with van der Waals surface area (Å²) >= 11 is 1.41. The third-order valence-electron chi connectivity index (χ3n) is 2.56. The zero-order chi connectivity index (χ0) is 15.0. The molecule has 0 radical (unpaired) electrons. The average Bonchev–Trinajstić information content (AvgIpc) is 2.82. The highest BCUT2D eigenvalue weighted by Crippen LogP contribution is 2.29. The van der Waals surface area contributed by atoms with Gasteiger partial charge in [-0.15, -0.1) is 11.3 Å². The van der Waals surface area contributed by atoms with Gasteiger partial charge in [-0.05, 0) is 26.3 Å². The van der Waals surface area contributed by atoms with E-state index in [0.717, 1.165) is 11.3 Å². The Kier molecular flexibility index (Phi) is 7.25. The molecule has 1 amide bonds. The topological polar surface area (TPSA) is 64.6 Å². The summed E-state index contributed by atoms with van der Waals surface area (Å²) in [7, 11) is 0. The number of hydrogen-bond acceptors (Lipinski definition) is 5. The summed E-state index contributed by atoms with van der Waals surface area (Å²) in [6, 6.07) is 1.78. The zero-order valence-corrected chi connectivity index (χ0v) is 13.0. The van der Waals surface area contributed by atoms with E-state index in [9.17, 15) is 9.59 Å². The molecule has 0 aromatic carbocycles. The average molecular weight is 299 g/mol. The molecule has 0 atom stereocenters. The fraction of sp³-hybridized carbons (Fsp3) is 0.571. The summed E-state index contributed by atoms with van der Waals surface area (Å²) < 4.78 is 10.1. The molecule has 0 unspecified atom stereocenters. The van der Waals surface area contributed by atoms with Gasteiger partial charge in [0.2, 0.25) is 5.91 Å². The van der Waals surface area contributed by atoms with Crippen LogP contribution in [0.1, 0.15) is 42.4 Å². The minimum Gasteiger partial charge on any atom is -0.462 e. The maximum absolute atomic E-state index is 11.8. The zero-order valence-electron chi connectivity index (χ0n) is 12.2. The van der Waals surface area contributed by atoms with Gasteiger partial charge >= 0.3 is 5.97 Å². The van der Waals surface area contributed by atoms with Crippen LogP contribution < -0.4 is 5.32 Å². The minimum absolute atomic E-state index is 0.159. The normalized spacial score (nSPS) is 10.3. The van der Waals surface area contributed by atoms with Gasteiger partial charge in [-0.1, -0.05) is 6.92 Å². The van der Waals surface area contributed by atoms with Crippen molar-refractivity contribution in [2.24, 2.45) is 0 Å². The van der Waals surface area contributed by atoms with Crippen molar-refractivity contribution >= 4 is 28.2 Å². The molecule has 0 aliphatic heterocycles. The van der Waals surface area contributed by atoms with E-state index in [1.54, 1.807) is 13.0 Å². The van der Waals surface area contributed by atoms with Crippen molar-refractivity contribution in [3.05, 3.63) is 16.5 Å². The molecule has 1 rings (SSSR count). The van der Waals surface area contributed by atoms with E-state index >= 15 is 0 Å². The molecule has 1 N–H and O–H groups in total. The second kappa shape index (κ2) is 8.71. The number of thiophene rings is 1. The summed E-state index contributed by atoms with van der Waals surface area (Å²) in [5.74, 6) is -0.558. The first-order chi connectivity index (χ1) is 9.62. The predicted octanol–water partition coefficient (Wildman–Crippen LogP) is 2.85. The number of carbonyl (C=O) groups is 2. The van der Waals surface area contributed by atoms with Crippen molar-refractivity contribution in [3.8, 4) is 0 Å². The third kappa shape index (κ3) is 4.94. The van der Waals surface area contributed by atoms with Crippen LogP contribution in [0.4, 0.5) is 5.00 Å². The van der Waals surface area contributed by atoms with Crippen molar-refractivity contribution in [3.63, 3.8) is 0 Å². The quantitative estimate of drug-likeness (QED) is 0.592. The fourth-order valence-electron chi connectivity index (χ4n) is 1.57.